The Balaban J connectivity index is 2.67. The molecule has 0 amide bonds. The van der Waals surface area contributed by atoms with Gasteiger partial charge in [-0.05, 0) is 38.0 Å². The third kappa shape index (κ3) is 3.29. The molecule has 1 unspecified atom stereocenters. The molecule has 0 saturated heterocycles. The Kier molecular flexibility index (Phi) is 3.52. The first-order chi connectivity index (χ1) is 6.22. The van der Waals surface area contributed by atoms with Crippen LogP contribution in [0.4, 0.5) is 4.39 Å². The van der Waals surface area contributed by atoms with Gasteiger partial charge in [0, 0.05) is 5.92 Å². The van der Waals surface area contributed by atoms with Crippen molar-refractivity contribution in [3.05, 3.63) is 42.6 Å². The summed E-state index contributed by atoms with van der Waals surface area (Å²) in [5.41, 5.74) is 0.947. The second kappa shape index (κ2) is 4.67. The number of halogens is 1. The highest BCUT2D eigenvalue weighted by Gasteiger charge is 2.00. The summed E-state index contributed by atoms with van der Waals surface area (Å²) < 4.78 is 12.7. The molecule has 0 N–H and O–H groups in total. The fourth-order valence-electron chi connectivity index (χ4n) is 1.20. The molecule has 0 bridgehead atoms. The maximum atomic E-state index is 12.7. The van der Waals surface area contributed by atoms with Crippen LogP contribution in [0.5, 0.6) is 0 Å². The fourth-order valence-corrected chi connectivity index (χ4v) is 1.20. The zero-order chi connectivity index (χ0) is 9.68. The van der Waals surface area contributed by atoms with Crippen molar-refractivity contribution in [1.82, 2.24) is 0 Å². The number of hydrogen-bond donors (Lipinski definition) is 0. The van der Waals surface area contributed by atoms with Crippen molar-refractivity contribution in [1.29, 1.82) is 0 Å². The van der Waals surface area contributed by atoms with E-state index in [0.29, 0.717) is 6.42 Å². The molecule has 0 aliphatic heterocycles. The van der Waals surface area contributed by atoms with Gasteiger partial charge in [-0.25, -0.2) is 4.39 Å². The first-order valence-electron chi connectivity index (χ1n) is 4.22. The van der Waals surface area contributed by atoms with Crippen LogP contribution in [0.3, 0.4) is 0 Å². The number of hydrogen-bond acceptors (Lipinski definition) is 0. The lowest BCUT2D eigenvalue weighted by Crippen LogP contribution is -1.96. The van der Waals surface area contributed by atoms with E-state index in [2.05, 4.69) is 18.8 Å². The Labute approximate surface area is 78.8 Å². The van der Waals surface area contributed by atoms with Crippen LogP contribution < -0.4 is 0 Å². The van der Waals surface area contributed by atoms with Crippen molar-refractivity contribution < 1.29 is 4.39 Å². The molecule has 0 nitrogen and oxygen atoms in total. The predicted octanol–water partition coefficient (Wildman–Crippen LogP) is 2.84. The number of rotatable bonds is 2. The van der Waals surface area contributed by atoms with E-state index in [0.717, 1.165) is 5.56 Å². The highest BCUT2D eigenvalue weighted by Crippen LogP contribution is 2.09. The molecule has 67 valence electrons. The standard InChI is InChI=1S/C12H12F/c1-3-5-10(2)8-11-6-4-7-12(13)9-11/h4,6-7,9-10H,2,8H2,1H3. The first kappa shape index (κ1) is 9.80. The third-order valence-electron chi connectivity index (χ3n) is 1.72. The quantitative estimate of drug-likeness (QED) is 0.606. The zero-order valence-electron chi connectivity index (χ0n) is 7.68. The van der Waals surface area contributed by atoms with Crippen LogP contribution >= 0.6 is 0 Å². The highest BCUT2D eigenvalue weighted by atomic mass is 19.1. The largest absolute Gasteiger partial charge is 0.207 e. The minimum Gasteiger partial charge on any atom is -0.207 e. The lowest BCUT2D eigenvalue weighted by Gasteiger charge is -2.03. The molecule has 1 atom stereocenters. The van der Waals surface area contributed by atoms with Gasteiger partial charge in [0.05, 0.1) is 0 Å². The Morgan fingerprint density at radius 1 is 1.54 bits per heavy atom. The summed E-state index contributed by atoms with van der Waals surface area (Å²) in [5.74, 6) is 5.57. The lowest BCUT2D eigenvalue weighted by molar-refractivity contribution is 0.624. The molecule has 1 aromatic rings. The van der Waals surface area contributed by atoms with Crippen LogP contribution in [-0.4, -0.2) is 0 Å². The van der Waals surface area contributed by atoms with Gasteiger partial charge >= 0.3 is 0 Å². The summed E-state index contributed by atoms with van der Waals surface area (Å²) in [6.07, 6.45) is 0.707. The van der Waals surface area contributed by atoms with Crippen molar-refractivity contribution in [2.24, 2.45) is 5.92 Å². The van der Waals surface area contributed by atoms with Gasteiger partial charge in [-0.2, -0.15) is 0 Å². The number of benzene rings is 1. The molecule has 1 radical (unpaired) electrons. The SMILES string of the molecule is [CH2]C(C#CC)Cc1cccc(F)c1. The van der Waals surface area contributed by atoms with E-state index in [9.17, 15) is 4.39 Å². The third-order valence-corrected chi connectivity index (χ3v) is 1.72. The molecule has 0 heterocycles. The molecular weight excluding hydrogens is 163 g/mol. The van der Waals surface area contributed by atoms with Crippen LogP contribution in [0.25, 0.3) is 0 Å². The molecule has 1 heteroatoms. The second-order valence-corrected chi connectivity index (χ2v) is 2.93. The summed E-state index contributed by atoms with van der Waals surface area (Å²) in [4.78, 5) is 0. The van der Waals surface area contributed by atoms with Gasteiger partial charge in [0.1, 0.15) is 5.82 Å². The Morgan fingerprint density at radius 2 is 2.31 bits per heavy atom. The van der Waals surface area contributed by atoms with Crippen LogP contribution in [0.2, 0.25) is 0 Å². The van der Waals surface area contributed by atoms with Crippen LogP contribution in [0, 0.1) is 30.5 Å². The van der Waals surface area contributed by atoms with Crippen molar-refractivity contribution in [3.8, 4) is 11.8 Å². The van der Waals surface area contributed by atoms with Crippen molar-refractivity contribution in [2.45, 2.75) is 13.3 Å². The van der Waals surface area contributed by atoms with Gasteiger partial charge in [0.2, 0.25) is 0 Å². The van der Waals surface area contributed by atoms with Gasteiger partial charge in [0.25, 0.3) is 0 Å². The maximum Gasteiger partial charge on any atom is 0.123 e. The Bertz CT molecular complexity index is 330. The van der Waals surface area contributed by atoms with E-state index in [1.165, 1.54) is 12.1 Å². The minimum atomic E-state index is -0.200. The average Bonchev–Trinajstić information content (AvgIpc) is 2.04. The molecular formula is C12H12F. The molecule has 0 aliphatic carbocycles. The summed E-state index contributed by atoms with van der Waals surface area (Å²) in [7, 11) is 0. The van der Waals surface area contributed by atoms with Gasteiger partial charge < -0.3 is 0 Å². The van der Waals surface area contributed by atoms with Gasteiger partial charge in [-0.3, -0.25) is 0 Å². The predicted molar refractivity (Wildman–Crippen MR) is 52.4 cm³/mol. The zero-order valence-corrected chi connectivity index (χ0v) is 7.68. The van der Waals surface area contributed by atoms with Crippen molar-refractivity contribution in [2.75, 3.05) is 0 Å². The fraction of sp³-hybridized carbons (Fsp3) is 0.250. The van der Waals surface area contributed by atoms with E-state index in [1.54, 1.807) is 13.0 Å². The maximum absolute atomic E-state index is 12.7. The van der Waals surface area contributed by atoms with Gasteiger partial charge in [0.15, 0.2) is 0 Å². The first-order valence-corrected chi connectivity index (χ1v) is 4.22. The second-order valence-electron chi connectivity index (χ2n) is 2.93. The van der Waals surface area contributed by atoms with Gasteiger partial charge in [-0.15, -0.1) is 5.92 Å². The van der Waals surface area contributed by atoms with E-state index >= 15 is 0 Å². The average molecular weight is 175 g/mol. The Hall–Kier alpha value is -1.29. The lowest BCUT2D eigenvalue weighted by atomic mass is 10.0. The van der Waals surface area contributed by atoms with E-state index in [-0.39, 0.29) is 11.7 Å². The van der Waals surface area contributed by atoms with E-state index in [1.807, 2.05) is 6.07 Å². The smallest absolute Gasteiger partial charge is 0.123 e. The van der Waals surface area contributed by atoms with Crippen molar-refractivity contribution in [3.63, 3.8) is 0 Å². The Morgan fingerprint density at radius 3 is 2.92 bits per heavy atom. The summed E-state index contributed by atoms with van der Waals surface area (Å²) in [6, 6.07) is 6.55. The topological polar surface area (TPSA) is 0 Å². The van der Waals surface area contributed by atoms with Crippen LogP contribution in [0.15, 0.2) is 24.3 Å². The summed E-state index contributed by atoms with van der Waals surface area (Å²) in [5, 5.41) is 0. The molecule has 0 saturated carbocycles. The van der Waals surface area contributed by atoms with Crippen LogP contribution in [-0.2, 0) is 6.42 Å². The van der Waals surface area contributed by atoms with Crippen LogP contribution in [0.1, 0.15) is 12.5 Å². The summed E-state index contributed by atoms with van der Waals surface area (Å²) >= 11 is 0. The minimum absolute atomic E-state index is 0.0480. The molecule has 0 fully saturated rings. The van der Waals surface area contributed by atoms with E-state index in [4.69, 9.17) is 0 Å². The molecule has 13 heavy (non-hydrogen) atoms. The van der Waals surface area contributed by atoms with Crippen molar-refractivity contribution >= 4 is 0 Å². The highest BCUT2D eigenvalue weighted by molar-refractivity contribution is 5.19. The normalized spacial score (nSPS) is 11.6. The molecule has 0 aliphatic rings. The molecule has 0 aromatic heterocycles. The molecule has 0 spiro atoms. The summed E-state index contributed by atoms with van der Waals surface area (Å²) in [6.45, 7) is 5.64. The molecule has 1 aromatic carbocycles. The molecule has 1 rings (SSSR count). The van der Waals surface area contributed by atoms with Gasteiger partial charge in [-0.1, -0.05) is 18.1 Å². The monoisotopic (exact) mass is 175 g/mol. The van der Waals surface area contributed by atoms with E-state index < -0.39 is 0 Å².